The summed E-state index contributed by atoms with van der Waals surface area (Å²) in [4.78, 5) is 16.1. The molecule has 0 atom stereocenters. The quantitative estimate of drug-likeness (QED) is 0.942. The third-order valence-electron chi connectivity index (χ3n) is 2.93. The maximum atomic E-state index is 12.2. The summed E-state index contributed by atoms with van der Waals surface area (Å²) in [5.74, 6) is 0.291. The molecular weight excluding hydrogens is 276 g/mol. The number of carbonyl (C=O) groups is 1. The summed E-state index contributed by atoms with van der Waals surface area (Å²) < 4.78 is 5.22. The molecule has 2 rings (SSSR count). The third kappa shape index (κ3) is 3.27. The number of ether oxygens (including phenoxy) is 1. The molecule has 1 aromatic heterocycles. The summed E-state index contributed by atoms with van der Waals surface area (Å²) in [7, 11) is 1.53. The fourth-order valence-corrected chi connectivity index (χ4v) is 1.94. The average Bonchev–Trinajstić information content (AvgIpc) is 2.48. The number of aryl methyl sites for hydroxylation is 1. The van der Waals surface area contributed by atoms with Crippen LogP contribution in [0.5, 0.6) is 5.75 Å². The molecule has 0 aliphatic carbocycles. The van der Waals surface area contributed by atoms with E-state index in [-0.39, 0.29) is 5.91 Å². The zero-order valence-electron chi connectivity index (χ0n) is 11.3. The van der Waals surface area contributed by atoms with Crippen LogP contribution in [0.3, 0.4) is 0 Å². The number of pyridine rings is 1. The molecule has 0 bridgehead atoms. The van der Waals surface area contributed by atoms with E-state index in [2.05, 4.69) is 10.3 Å². The first-order valence-corrected chi connectivity index (χ1v) is 6.51. The van der Waals surface area contributed by atoms with Crippen molar-refractivity contribution in [1.82, 2.24) is 10.3 Å². The lowest BCUT2D eigenvalue weighted by molar-refractivity contribution is 0.0948. The van der Waals surface area contributed by atoms with Gasteiger partial charge in [0.2, 0.25) is 0 Å². The van der Waals surface area contributed by atoms with Gasteiger partial charge in [0.25, 0.3) is 5.91 Å². The molecule has 0 aliphatic rings. The molecule has 20 heavy (non-hydrogen) atoms. The summed E-state index contributed by atoms with van der Waals surface area (Å²) >= 11 is 6.06. The van der Waals surface area contributed by atoms with Gasteiger partial charge in [-0.15, -0.1) is 0 Å². The van der Waals surface area contributed by atoms with Gasteiger partial charge < -0.3 is 10.1 Å². The summed E-state index contributed by atoms with van der Waals surface area (Å²) in [5.41, 5.74) is 2.27. The molecule has 0 radical (unpaired) electrons. The van der Waals surface area contributed by atoms with Crippen LogP contribution in [-0.4, -0.2) is 18.0 Å². The Kier molecular flexibility index (Phi) is 4.58. The first kappa shape index (κ1) is 14.3. The van der Waals surface area contributed by atoms with Crippen molar-refractivity contribution < 1.29 is 9.53 Å². The fraction of sp³-hybridized carbons (Fsp3) is 0.200. The Hall–Kier alpha value is -2.07. The van der Waals surface area contributed by atoms with E-state index in [0.717, 1.165) is 11.1 Å². The van der Waals surface area contributed by atoms with E-state index in [1.807, 2.05) is 19.1 Å². The Morgan fingerprint density at radius 1 is 1.35 bits per heavy atom. The molecular formula is C15H15ClN2O2. The normalized spacial score (nSPS) is 10.2. The van der Waals surface area contributed by atoms with Crippen molar-refractivity contribution in [2.75, 3.05) is 7.11 Å². The molecule has 0 unspecified atom stereocenters. The predicted molar refractivity (Wildman–Crippen MR) is 78.1 cm³/mol. The van der Waals surface area contributed by atoms with Crippen molar-refractivity contribution in [1.29, 1.82) is 0 Å². The topological polar surface area (TPSA) is 51.2 Å². The van der Waals surface area contributed by atoms with Crippen molar-refractivity contribution in [3.05, 3.63) is 58.4 Å². The van der Waals surface area contributed by atoms with Gasteiger partial charge in [-0.1, -0.05) is 11.6 Å². The number of amides is 1. The van der Waals surface area contributed by atoms with E-state index in [0.29, 0.717) is 22.9 Å². The van der Waals surface area contributed by atoms with Gasteiger partial charge in [-0.05, 0) is 42.3 Å². The molecule has 1 N–H and O–H groups in total. The number of methoxy groups -OCH3 is 1. The molecule has 0 fully saturated rings. The van der Waals surface area contributed by atoms with Gasteiger partial charge in [0, 0.05) is 24.0 Å². The standard InChI is InChI=1S/C15H15ClN2O2/c1-10-7-14(20-2)12(8-13(10)16)15(19)18-9-11-3-5-17-6-4-11/h3-8H,9H2,1-2H3,(H,18,19). The zero-order chi connectivity index (χ0) is 14.5. The SMILES string of the molecule is COc1cc(C)c(Cl)cc1C(=O)NCc1ccncc1. The zero-order valence-corrected chi connectivity index (χ0v) is 12.1. The van der Waals surface area contributed by atoms with Crippen molar-refractivity contribution >= 4 is 17.5 Å². The molecule has 0 aliphatic heterocycles. The highest BCUT2D eigenvalue weighted by atomic mass is 35.5. The van der Waals surface area contributed by atoms with Crippen LogP contribution in [-0.2, 0) is 6.54 Å². The largest absolute Gasteiger partial charge is 0.496 e. The number of nitrogens with zero attached hydrogens (tertiary/aromatic N) is 1. The smallest absolute Gasteiger partial charge is 0.255 e. The fourth-order valence-electron chi connectivity index (χ4n) is 1.78. The first-order chi connectivity index (χ1) is 9.61. The highest BCUT2D eigenvalue weighted by molar-refractivity contribution is 6.31. The maximum Gasteiger partial charge on any atom is 0.255 e. The molecule has 1 aromatic carbocycles. The van der Waals surface area contributed by atoms with Gasteiger partial charge in [0.1, 0.15) is 5.75 Å². The van der Waals surface area contributed by atoms with Crippen LogP contribution in [0.4, 0.5) is 0 Å². The summed E-state index contributed by atoms with van der Waals surface area (Å²) in [6, 6.07) is 7.07. The van der Waals surface area contributed by atoms with E-state index >= 15 is 0 Å². The molecule has 0 saturated carbocycles. The third-order valence-corrected chi connectivity index (χ3v) is 3.34. The van der Waals surface area contributed by atoms with Crippen LogP contribution < -0.4 is 10.1 Å². The number of aromatic nitrogens is 1. The van der Waals surface area contributed by atoms with E-state index in [9.17, 15) is 4.79 Å². The molecule has 4 nitrogen and oxygen atoms in total. The van der Waals surface area contributed by atoms with E-state index < -0.39 is 0 Å². The van der Waals surface area contributed by atoms with Gasteiger partial charge in [-0.25, -0.2) is 0 Å². The summed E-state index contributed by atoms with van der Waals surface area (Å²) in [6.07, 6.45) is 3.37. The second-order valence-electron chi connectivity index (χ2n) is 4.34. The van der Waals surface area contributed by atoms with Crippen LogP contribution in [0.25, 0.3) is 0 Å². The highest BCUT2D eigenvalue weighted by Gasteiger charge is 2.14. The van der Waals surface area contributed by atoms with Crippen molar-refractivity contribution in [3.8, 4) is 5.75 Å². The van der Waals surface area contributed by atoms with E-state index in [1.54, 1.807) is 24.5 Å². The molecule has 1 amide bonds. The Labute approximate surface area is 122 Å². The number of hydrogen-bond donors (Lipinski definition) is 1. The van der Waals surface area contributed by atoms with Gasteiger partial charge >= 0.3 is 0 Å². The predicted octanol–water partition coefficient (Wildman–Crippen LogP) is 2.98. The molecule has 0 spiro atoms. The average molecular weight is 291 g/mol. The Balaban J connectivity index is 2.15. The second kappa shape index (κ2) is 6.39. The summed E-state index contributed by atoms with van der Waals surface area (Å²) in [6.45, 7) is 2.29. The van der Waals surface area contributed by atoms with E-state index in [4.69, 9.17) is 16.3 Å². The highest BCUT2D eigenvalue weighted by Crippen LogP contribution is 2.26. The van der Waals surface area contributed by atoms with Crippen molar-refractivity contribution in [2.45, 2.75) is 13.5 Å². The molecule has 2 aromatic rings. The maximum absolute atomic E-state index is 12.2. The van der Waals surface area contributed by atoms with Gasteiger partial charge in [0.15, 0.2) is 0 Å². The number of halogens is 1. The monoisotopic (exact) mass is 290 g/mol. The van der Waals surface area contributed by atoms with Crippen LogP contribution in [0.15, 0.2) is 36.7 Å². The lowest BCUT2D eigenvalue weighted by Gasteiger charge is -2.11. The minimum Gasteiger partial charge on any atom is -0.496 e. The Bertz CT molecular complexity index is 615. The van der Waals surface area contributed by atoms with E-state index in [1.165, 1.54) is 7.11 Å². The summed E-state index contributed by atoms with van der Waals surface area (Å²) in [5, 5.41) is 3.37. The van der Waals surface area contributed by atoms with Crippen molar-refractivity contribution in [2.24, 2.45) is 0 Å². The number of benzene rings is 1. The number of rotatable bonds is 4. The first-order valence-electron chi connectivity index (χ1n) is 6.13. The van der Waals surface area contributed by atoms with Crippen molar-refractivity contribution in [3.63, 3.8) is 0 Å². The lowest BCUT2D eigenvalue weighted by Crippen LogP contribution is -2.23. The second-order valence-corrected chi connectivity index (χ2v) is 4.75. The molecule has 104 valence electrons. The number of hydrogen-bond acceptors (Lipinski definition) is 3. The number of nitrogens with one attached hydrogen (secondary N) is 1. The minimum atomic E-state index is -0.222. The van der Waals surface area contributed by atoms with Crippen LogP contribution >= 0.6 is 11.6 Å². The lowest BCUT2D eigenvalue weighted by atomic mass is 10.1. The molecule has 1 heterocycles. The Morgan fingerprint density at radius 2 is 2.05 bits per heavy atom. The van der Waals surface area contributed by atoms with Gasteiger partial charge in [-0.3, -0.25) is 9.78 Å². The number of carbonyl (C=O) groups excluding carboxylic acids is 1. The van der Waals surface area contributed by atoms with Crippen LogP contribution in [0.1, 0.15) is 21.5 Å². The Morgan fingerprint density at radius 3 is 2.70 bits per heavy atom. The molecule has 5 heteroatoms. The van der Waals surface area contributed by atoms with Gasteiger partial charge in [-0.2, -0.15) is 0 Å². The molecule has 0 saturated heterocycles. The van der Waals surface area contributed by atoms with Crippen LogP contribution in [0.2, 0.25) is 5.02 Å². The minimum absolute atomic E-state index is 0.222. The van der Waals surface area contributed by atoms with Crippen LogP contribution in [0, 0.1) is 6.92 Å². The van der Waals surface area contributed by atoms with Gasteiger partial charge in [0.05, 0.1) is 12.7 Å².